The Kier molecular flexibility index (Phi) is 5.28. The summed E-state index contributed by atoms with van der Waals surface area (Å²) in [6.45, 7) is 5.76. The van der Waals surface area contributed by atoms with E-state index >= 15 is 0 Å². The van der Waals surface area contributed by atoms with Crippen LogP contribution in [0.15, 0.2) is 12.1 Å². The van der Waals surface area contributed by atoms with Crippen LogP contribution in [0.1, 0.15) is 32.1 Å². The molecule has 3 aliphatic rings. The van der Waals surface area contributed by atoms with Crippen LogP contribution >= 0.6 is 0 Å². The molecule has 0 aliphatic carbocycles. The normalized spacial score (nSPS) is 23.5. The molecule has 0 N–H and O–H groups in total. The van der Waals surface area contributed by atoms with Gasteiger partial charge in [0.2, 0.25) is 0 Å². The van der Waals surface area contributed by atoms with E-state index in [1.807, 2.05) is 12.1 Å². The predicted molar refractivity (Wildman–Crippen MR) is 102 cm³/mol. The highest BCUT2D eigenvalue weighted by Crippen LogP contribution is 2.22. The van der Waals surface area contributed by atoms with Gasteiger partial charge in [-0.05, 0) is 44.2 Å². The van der Waals surface area contributed by atoms with Crippen molar-refractivity contribution in [2.24, 2.45) is 0 Å². The van der Waals surface area contributed by atoms with Crippen LogP contribution in [0.4, 0.5) is 11.6 Å². The van der Waals surface area contributed by atoms with Crippen LogP contribution in [0.25, 0.3) is 0 Å². The molecule has 0 aromatic carbocycles. The maximum absolute atomic E-state index is 12.7. The molecule has 4 rings (SSSR count). The van der Waals surface area contributed by atoms with Gasteiger partial charge in [0, 0.05) is 52.4 Å². The number of anilines is 2. The smallest absolute Gasteiger partial charge is 0.282 e. The lowest BCUT2D eigenvalue weighted by Crippen LogP contribution is -2.52. The minimum Gasteiger partial charge on any atom is -0.355 e. The summed E-state index contributed by atoms with van der Waals surface area (Å²) in [6, 6.07) is 4.06. The Morgan fingerprint density at radius 1 is 0.615 bits per heavy atom. The van der Waals surface area contributed by atoms with Gasteiger partial charge in [-0.3, -0.25) is 0 Å². The topological polar surface area (TPSA) is 72.9 Å². The lowest BCUT2D eigenvalue weighted by molar-refractivity contribution is 0.343. The van der Waals surface area contributed by atoms with E-state index in [0.29, 0.717) is 39.3 Å². The third-order valence-electron chi connectivity index (χ3n) is 5.60. The van der Waals surface area contributed by atoms with E-state index in [2.05, 4.69) is 20.0 Å². The number of hydrogen-bond acceptors (Lipinski definition) is 6. The molecule has 3 saturated heterocycles. The Hall–Kier alpha value is -1.45. The molecule has 0 radical (unpaired) electrons. The van der Waals surface area contributed by atoms with E-state index in [9.17, 15) is 8.42 Å². The first-order valence-corrected chi connectivity index (χ1v) is 11.1. The summed E-state index contributed by atoms with van der Waals surface area (Å²) < 4.78 is 28.5. The molecule has 8 nitrogen and oxygen atoms in total. The van der Waals surface area contributed by atoms with Gasteiger partial charge in [-0.2, -0.15) is 17.0 Å². The zero-order chi connectivity index (χ0) is 18.0. The van der Waals surface area contributed by atoms with E-state index < -0.39 is 10.2 Å². The highest BCUT2D eigenvalue weighted by molar-refractivity contribution is 7.86. The molecule has 0 amide bonds. The Balaban J connectivity index is 1.35. The summed E-state index contributed by atoms with van der Waals surface area (Å²) >= 11 is 0. The van der Waals surface area contributed by atoms with Gasteiger partial charge in [-0.1, -0.05) is 0 Å². The van der Waals surface area contributed by atoms with Crippen molar-refractivity contribution in [3.05, 3.63) is 12.1 Å². The van der Waals surface area contributed by atoms with Gasteiger partial charge in [0.05, 0.1) is 0 Å². The van der Waals surface area contributed by atoms with Gasteiger partial charge in [0.25, 0.3) is 10.2 Å². The second-order valence-corrected chi connectivity index (χ2v) is 9.23. The molecule has 1 aromatic heterocycles. The minimum absolute atomic E-state index is 0.508. The summed E-state index contributed by atoms with van der Waals surface area (Å²) in [5.74, 6) is 1.78. The minimum atomic E-state index is -3.29. The van der Waals surface area contributed by atoms with Crippen LogP contribution in [0, 0.1) is 0 Å². The fourth-order valence-electron chi connectivity index (χ4n) is 4.01. The molecule has 0 atom stereocenters. The van der Waals surface area contributed by atoms with Crippen molar-refractivity contribution in [2.45, 2.75) is 32.1 Å². The molecule has 0 unspecified atom stereocenters. The molecule has 1 aromatic rings. The highest BCUT2D eigenvalue weighted by atomic mass is 32.2. The van der Waals surface area contributed by atoms with Gasteiger partial charge in [0.15, 0.2) is 11.6 Å². The Morgan fingerprint density at radius 3 is 1.62 bits per heavy atom. The van der Waals surface area contributed by atoms with E-state index in [0.717, 1.165) is 37.6 Å². The monoisotopic (exact) mass is 380 g/mol. The fraction of sp³-hybridized carbons (Fsp3) is 0.765. The second-order valence-electron chi connectivity index (χ2n) is 7.30. The first kappa shape index (κ1) is 17.9. The first-order valence-electron chi connectivity index (χ1n) is 9.73. The van der Waals surface area contributed by atoms with E-state index in [4.69, 9.17) is 0 Å². The SMILES string of the molecule is O=S(=O)(N1CCCC1)N1CCN(c2ccc(N3CCCCC3)nn2)CC1. The second kappa shape index (κ2) is 7.66. The third kappa shape index (κ3) is 3.65. The van der Waals surface area contributed by atoms with Gasteiger partial charge in [0.1, 0.15) is 0 Å². The number of piperazine rings is 1. The Morgan fingerprint density at radius 2 is 1.08 bits per heavy atom. The molecular formula is C17H28N6O2S. The maximum atomic E-state index is 12.7. The lowest BCUT2D eigenvalue weighted by Gasteiger charge is -2.36. The maximum Gasteiger partial charge on any atom is 0.282 e. The van der Waals surface area contributed by atoms with Crippen molar-refractivity contribution >= 4 is 21.8 Å². The summed E-state index contributed by atoms with van der Waals surface area (Å²) in [7, 11) is -3.29. The van der Waals surface area contributed by atoms with Crippen LogP contribution in [0.5, 0.6) is 0 Å². The first-order chi connectivity index (χ1) is 12.6. The standard InChI is InChI=1S/C17H28N6O2S/c24-26(25,22-10-4-5-11-22)23-14-12-21(13-15-23)17-7-6-16(18-19-17)20-8-2-1-3-9-20/h6-7H,1-5,8-15H2. The Labute approximate surface area is 156 Å². The van der Waals surface area contributed by atoms with Crippen molar-refractivity contribution < 1.29 is 8.42 Å². The van der Waals surface area contributed by atoms with Crippen LogP contribution < -0.4 is 9.80 Å². The number of hydrogen-bond donors (Lipinski definition) is 0. The summed E-state index contributed by atoms with van der Waals surface area (Å²) in [5.41, 5.74) is 0. The molecule has 4 heterocycles. The largest absolute Gasteiger partial charge is 0.355 e. The molecule has 9 heteroatoms. The summed E-state index contributed by atoms with van der Waals surface area (Å²) in [5, 5.41) is 8.80. The van der Waals surface area contributed by atoms with Crippen LogP contribution in [0.3, 0.4) is 0 Å². The zero-order valence-electron chi connectivity index (χ0n) is 15.3. The van der Waals surface area contributed by atoms with Gasteiger partial charge < -0.3 is 9.80 Å². The predicted octanol–water partition coefficient (Wildman–Crippen LogP) is 0.930. The van der Waals surface area contributed by atoms with E-state index in [-0.39, 0.29) is 0 Å². The van der Waals surface area contributed by atoms with E-state index in [1.54, 1.807) is 8.61 Å². The van der Waals surface area contributed by atoms with Crippen LogP contribution in [-0.4, -0.2) is 79.6 Å². The average molecular weight is 381 g/mol. The third-order valence-corrected chi connectivity index (χ3v) is 7.63. The zero-order valence-corrected chi connectivity index (χ0v) is 16.1. The number of nitrogens with zero attached hydrogens (tertiary/aromatic N) is 6. The molecule has 3 aliphatic heterocycles. The summed E-state index contributed by atoms with van der Waals surface area (Å²) in [4.78, 5) is 4.42. The van der Waals surface area contributed by atoms with Crippen molar-refractivity contribution in [3.8, 4) is 0 Å². The van der Waals surface area contributed by atoms with Crippen LogP contribution in [-0.2, 0) is 10.2 Å². The molecular weight excluding hydrogens is 352 g/mol. The molecule has 0 spiro atoms. The number of piperidine rings is 1. The molecule has 0 bridgehead atoms. The summed E-state index contributed by atoms with van der Waals surface area (Å²) in [6.07, 6.45) is 5.68. The molecule has 144 valence electrons. The number of aromatic nitrogens is 2. The van der Waals surface area contributed by atoms with Crippen LogP contribution in [0.2, 0.25) is 0 Å². The Bertz CT molecular complexity index is 690. The molecule has 26 heavy (non-hydrogen) atoms. The molecule has 0 saturated carbocycles. The average Bonchev–Trinajstić information content (AvgIpc) is 3.25. The van der Waals surface area contributed by atoms with Crippen molar-refractivity contribution in [3.63, 3.8) is 0 Å². The quantitative estimate of drug-likeness (QED) is 0.774. The van der Waals surface area contributed by atoms with E-state index in [1.165, 1.54) is 19.3 Å². The van der Waals surface area contributed by atoms with Gasteiger partial charge >= 0.3 is 0 Å². The van der Waals surface area contributed by atoms with Crippen molar-refractivity contribution in [1.29, 1.82) is 0 Å². The van der Waals surface area contributed by atoms with Crippen molar-refractivity contribution in [1.82, 2.24) is 18.8 Å². The fourth-order valence-corrected chi connectivity index (χ4v) is 5.68. The lowest BCUT2D eigenvalue weighted by atomic mass is 10.1. The van der Waals surface area contributed by atoms with Gasteiger partial charge in [-0.25, -0.2) is 0 Å². The highest BCUT2D eigenvalue weighted by Gasteiger charge is 2.34. The van der Waals surface area contributed by atoms with Crippen molar-refractivity contribution in [2.75, 3.05) is 62.2 Å². The molecule has 3 fully saturated rings. The van der Waals surface area contributed by atoms with Gasteiger partial charge in [-0.15, -0.1) is 10.2 Å². The number of rotatable bonds is 4.